The molecule has 0 spiro atoms. The summed E-state index contributed by atoms with van der Waals surface area (Å²) in [4.78, 5) is 8.30. The molecule has 0 saturated heterocycles. The molecule has 2 aromatic rings. The van der Waals surface area contributed by atoms with Gasteiger partial charge in [0.25, 0.3) is 0 Å². The van der Waals surface area contributed by atoms with E-state index in [9.17, 15) is 0 Å². The number of hydrogen-bond donors (Lipinski definition) is 1. The fourth-order valence-electron chi connectivity index (χ4n) is 1.90. The van der Waals surface area contributed by atoms with Crippen LogP contribution in [0.4, 0.5) is 0 Å². The van der Waals surface area contributed by atoms with Crippen LogP contribution in [0.2, 0.25) is 0 Å². The van der Waals surface area contributed by atoms with Gasteiger partial charge in [0.2, 0.25) is 0 Å². The zero-order chi connectivity index (χ0) is 14.4. The molecule has 0 bridgehead atoms. The Morgan fingerprint density at radius 3 is 2.45 bits per heavy atom. The Balaban J connectivity index is 1.90. The minimum atomic E-state index is 0.202. The van der Waals surface area contributed by atoms with Gasteiger partial charge in [-0.2, -0.15) is 0 Å². The highest BCUT2D eigenvalue weighted by molar-refractivity contribution is 5.29. The molecule has 0 radical (unpaired) electrons. The molecule has 0 aliphatic rings. The number of nitrogens with one attached hydrogen (secondary N) is 1. The van der Waals surface area contributed by atoms with E-state index in [0.29, 0.717) is 6.54 Å². The molecule has 0 aliphatic heterocycles. The summed E-state index contributed by atoms with van der Waals surface area (Å²) in [7, 11) is 0. The monoisotopic (exact) mass is 271 g/mol. The molecule has 4 heteroatoms. The first-order chi connectivity index (χ1) is 9.65. The minimum absolute atomic E-state index is 0.202. The van der Waals surface area contributed by atoms with Crippen molar-refractivity contribution in [1.82, 2.24) is 15.3 Å². The highest BCUT2D eigenvalue weighted by Gasteiger charge is 2.06. The summed E-state index contributed by atoms with van der Waals surface area (Å²) in [6.07, 6.45) is 5.37. The second-order valence-corrected chi connectivity index (χ2v) is 5.03. The maximum atomic E-state index is 5.64. The lowest BCUT2D eigenvalue weighted by atomic mass is 10.1. The van der Waals surface area contributed by atoms with E-state index >= 15 is 0 Å². The molecule has 2 rings (SSSR count). The largest absolute Gasteiger partial charge is 0.491 e. The summed E-state index contributed by atoms with van der Waals surface area (Å²) in [6, 6.07) is 8.45. The molecule has 20 heavy (non-hydrogen) atoms. The Bertz CT molecular complexity index is 511. The molecular weight excluding hydrogens is 250 g/mol. The van der Waals surface area contributed by atoms with Crippen LogP contribution in [0.1, 0.15) is 38.1 Å². The van der Waals surface area contributed by atoms with Crippen molar-refractivity contribution in [2.45, 2.75) is 39.5 Å². The van der Waals surface area contributed by atoms with Gasteiger partial charge in [0.05, 0.1) is 11.8 Å². The average molecular weight is 271 g/mol. The van der Waals surface area contributed by atoms with E-state index in [0.717, 1.165) is 11.4 Å². The van der Waals surface area contributed by atoms with E-state index in [-0.39, 0.29) is 12.1 Å². The number of nitrogens with zero attached hydrogens (tertiary/aromatic N) is 2. The summed E-state index contributed by atoms with van der Waals surface area (Å²) < 4.78 is 5.64. The van der Waals surface area contributed by atoms with Gasteiger partial charge in [-0.05, 0) is 38.5 Å². The maximum Gasteiger partial charge on any atom is 0.119 e. The number of aromatic nitrogens is 2. The van der Waals surface area contributed by atoms with E-state index in [4.69, 9.17) is 4.74 Å². The van der Waals surface area contributed by atoms with Crippen molar-refractivity contribution in [2.24, 2.45) is 0 Å². The summed E-state index contributed by atoms with van der Waals surface area (Å²) in [6.45, 7) is 6.89. The van der Waals surface area contributed by atoms with Crippen molar-refractivity contribution in [1.29, 1.82) is 0 Å². The molecule has 0 saturated carbocycles. The van der Waals surface area contributed by atoms with Crippen molar-refractivity contribution < 1.29 is 4.74 Å². The van der Waals surface area contributed by atoms with Crippen LogP contribution in [-0.2, 0) is 6.54 Å². The predicted octanol–water partition coefficient (Wildman–Crippen LogP) is 3.11. The number of rotatable bonds is 6. The van der Waals surface area contributed by atoms with Gasteiger partial charge in [0, 0.05) is 31.2 Å². The van der Waals surface area contributed by atoms with Gasteiger partial charge in [-0.25, -0.2) is 0 Å². The van der Waals surface area contributed by atoms with E-state index in [1.54, 1.807) is 18.6 Å². The van der Waals surface area contributed by atoms with Crippen LogP contribution in [0.5, 0.6) is 5.75 Å². The normalized spacial score (nSPS) is 12.4. The number of hydrogen-bond acceptors (Lipinski definition) is 4. The van der Waals surface area contributed by atoms with E-state index in [2.05, 4.69) is 34.3 Å². The van der Waals surface area contributed by atoms with Crippen molar-refractivity contribution >= 4 is 0 Å². The Hall–Kier alpha value is -1.94. The summed E-state index contributed by atoms with van der Waals surface area (Å²) in [5, 5.41) is 3.43. The first-order valence-corrected chi connectivity index (χ1v) is 6.90. The molecule has 0 fully saturated rings. The first kappa shape index (κ1) is 14.5. The second kappa shape index (κ2) is 7.01. The van der Waals surface area contributed by atoms with Crippen molar-refractivity contribution in [2.75, 3.05) is 0 Å². The van der Waals surface area contributed by atoms with E-state index in [1.807, 2.05) is 26.0 Å². The Morgan fingerprint density at radius 2 is 1.85 bits per heavy atom. The van der Waals surface area contributed by atoms with Crippen LogP contribution in [-0.4, -0.2) is 16.1 Å². The zero-order valence-electron chi connectivity index (χ0n) is 12.2. The summed E-state index contributed by atoms with van der Waals surface area (Å²) >= 11 is 0. The van der Waals surface area contributed by atoms with E-state index in [1.165, 1.54) is 5.56 Å². The molecule has 4 nitrogen and oxygen atoms in total. The Kier molecular flexibility index (Phi) is 5.07. The molecule has 1 N–H and O–H groups in total. The number of ether oxygens (including phenoxy) is 1. The first-order valence-electron chi connectivity index (χ1n) is 6.90. The maximum absolute atomic E-state index is 5.64. The van der Waals surface area contributed by atoms with Crippen LogP contribution in [0.3, 0.4) is 0 Å². The molecule has 1 aromatic heterocycles. The Labute approximate surface area is 120 Å². The average Bonchev–Trinajstić information content (AvgIpc) is 2.46. The fraction of sp³-hybridized carbons (Fsp3) is 0.375. The zero-order valence-corrected chi connectivity index (χ0v) is 12.2. The highest BCUT2D eigenvalue weighted by Crippen LogP contribution is 2.18. The third-order valence-electron chi connectivity index (χ3n) is 2.96. The van der Waals surface area contributed by atoms with Gasteiger partial charge >= 0.3 is 0 Å². The van der Waals surface area contributed by atoms with Crippen molar-refractivity contribution in [3.05, 3.63) is 54.1 Å². The molecule has 0 aliphatic carbocycles. The van der Waals surface area contributed by atoms with Gasteiger partial charge in [-0.1, -0.05) is 12.1 Å². The van der Waals surface area contributed by atoms with Gasteiger partial charge < -0.3 is 10.1 Å². The molecule has 1 heterocycles. The van der Waals surface area contributed by atoms with Gasteiger partial charge in [0.15, 0.2) is 0 Å². The molecule has 1 aromatic carbocycles. The molecule has 106 valence electrons. The lowest BCUT2D eigenvalue weighted by Gasteiger charge is -2.15. The van der Waals surface area contributed by atoms with Crippen LogP contribution in [0.15, 0.2) is 42.9 Å². The lowest BCUT2D eigenvalue weighted by molar-refractivity contribution is 0.242. The van der Waals surface area contributed by atoms with Gasteiger partial charge in [-0.15, -0.1) is 0 Å². The molecular formula is C16H21N3O. The fourth-order valence-corrected chi connectivity index (χ4v) is 1.90. The minimum Gasteiger partial charge on any atom is -0.491 e. The topological polar surface area (TPSA) is 47.0 Å². The molecule has 1 atom stereocenters. The van der Waals surface area contributed by atoms with E-state index < -0.39 is 0 Å². The second-order valence-electron chi connectivity index (χ2n) is 5.03. The predicted molar refractivity (Wildman–Crippen MR) is 79.5 cm³/mol. The van der Waals surface area contributed by atoms with Crippen LogP contribution in [0.25, 0.3) is 0 Å². The number of benzene rings is 1. The SMILES string of the molecule is CC(C)Oc1ccc(C(C)NCc2cnccn2)cc1. The van der Waals surface area contributed by atoms with Crippen molar-refractivity contribution in [3.8, 4) is 5.75 Å². The van der Waals surface area contributed by atoms with Crippen LogP contribution >= 0.6 is 0 Å². The summed E-state index contributed by atoms with van der Waals surface area (Å²) in [5.41, 5.74) is 2.17. The van der Waals surface area contributed by atoms with Crippen molar-refractivity contribution in [3.63, 3.8) is 0 Å². The Morgan fingerprint density at radius 1 is 1.10 bits per heavy atom. The molecule has 0 amide bonds. The highest BCUT2D eigenvalue weighted by atomic mass is 16.5. The van der Waals surface area contributed by atoms with Gasteiger partial charge in [-0.3, -0.25) is 9.97 Å². The molecule has 1 unspecified atom stereocenters. The van der Waals surface area contributed by atoms with Gasteiger partial charge in [0.1, 0.15) is 5.75 Å². The standard InChI is InChI=1S/C16H21N3O/c1-12(2)20-16-6-4-14(5-7-16)13(3)19-11-15-10-17-8-9-18-15/h4-10,12-13,19H,11H2,1-3H3. The third-order valence-corrected chi connectivity index (χ3v) is 2.96. The summed E-state index contributed by atoms with van der Waals surface area (Å²) in [5.74, 6) is 0.907. The van der Waals surface area contributed by atoms with Crippen LogP contribution in [0, 0.1) is 0 Å². The van der Waals surface area contributed by atoms with Crippen LogP contribution < -0.4 is 10.1 Å². The smallest absolute Gasteiger partial charge is 0.119 e. The lowest BCUT2D eigenvalue weighted by Crippen LogP contribution is -2.18. The third kappa shape index (κ3) is 4.31. The quantitative estimate of drug-likeness (QED) is 0.877.